The van der Waals surface area contributed by atoms with Gasteiger partial charge in [0, 0.05) is 21.5 Å². The molecule has 1 aromatic carbocycles. The molecule has 1 saturated carbocycles. The molecule has 94 valence electrons. The second kappa shape index (κ2) is 6.39. The first kappa shape index (κ1) is 13.6. The van der Waals surface area contributed by atoms with Crippen LogP contribution in [0.25, 0.3) is 0 Å². The van der Waals surface area contributed by atoms with Gasteiger partial charge in [0.05, 0.1) is 0 Å². The van der Waals surface area contributed by atoms with Crippen molar-refractivity contribution in [1.82, 2.24) is 4.90 Å². The Morgan fingerprint density at radius 3 is 2.53 bits per heavy atom. The molecule has 0 N–H and O–H groups in total. The zero-order chi connectivity index (χ0) is 12.3. The molecule has 1 fully saturated rings. The van der Waals surface area contributed by atoms with Crippen molar-refractivity contribution in [2.45, 2.75) is 43.6 Å². The van der Waals surface area contributed by atoms with Gasteiger partial charge in [-0.15, -0.1) is 11.6 Å². The smallest absolute Gasteiger partial charge is 0.0491 e. The third kappa shape index (κ3) is 3.83. The molecule has 3 heteroatoms. The molecule has 0 aromatic heterocycles. The fourth-order valence-corrected chi connectivity index (χ4v) is 3.39. The van der Waals surface area contributed by atoms with Crippen molar-refractivity contribution in [2.24, 2.45) is 0 Å². The Kier molecular flexibility index (Phi) is 5.12. The number of rotatable bonds is 3. The monoisotopic (exact) mass is 363 g/mol. The summed E-state index contributed by atoms with van der Waals surface area (Å²) >= 11 is 8.77. The second-order valence-electron chi connectivity index (χ2n) is 4.91. The van der Waals surface area contributed by atoms with Crippen LogP contribution in [0.4, 0.5) is 0 Å². The van der Waals surface area contributed by atoms with Crippen LogP contribution in [-0.4, -0.2) is 23.4 Å². The maximum absolute atomic E-state index is 6.43. The first-order valence-electron chi connectivity index (χ1n) is 6.25. The Morgan fingerprint density at radius 1 is 1.24 bits per heavy atom. The summed E-state index contributed by atoms with van der Waals surface area (Å²) in [6.45, 7) is 1.00. The predicted octanol–water partition coefficient (Wildman–Crippen LogP) is 4.27. The molecule has 0 saturated heterocycles. The van der Waals surface area contributed by atoms with Gasteiger partial charge < -0.3 is 0 Å². The zero-order valence-electron chi connectivity index (χ0n) is 10.2. The Balaban J connectivity index is 1.95. The van der Waals surface area contributed by atoms with Gasteiger partial charge >= 0.3 is 0 Å². The van der Waals surface area contributed by atoms with Gasteiger partial charge in [-0.2, -0.15) is 0 Å². The van der Waals surface area contributed by atoms with E-state index in [9.17, 15) is 0 Å². The second-order valence-corrected chi connectivity index (χ2v) is 6.72. The Labute approximate surface area is 123 Å². The van der Waals surface area contributed by atoms with E-state index >= 15 is 0 Å². The van der Waals surface area contributed by atoms with E-state index in [0.717, 1.165) is 6.54 Å². The SMILES string of the molecule is CN(Cc1ccc(I)cc1)C1CCCCC1Cl. The largest absolute Gasteiger partial charge is 0.298 e. The summed E-state index contributed by atoms with van der Waals surface area (Å²) in [4.78, 5) is 2.42. The van der Waals surface area contributed by atoms with Crippen molar-refractivity contribution in [3.05, 3.63) is 33.4 Å². The zero-order valence-corrected chi connectivity index (χ0v) is 13.1. The molecule has 0 heterocycles. The number of alkyl halides is 1. The third-order valence-electron chi connectivity index (χ3n) is 3.56. The maximum Gasteiger partial charge on any atom is 0.0491 e. The van der Waals surface area contributed by atoms with E-state index in [1.807, 2.05) is 0 Å². The van der Waals surface area contributed by atoms with Crippen molar-refractivity contribution in [3.8, 4) is 0 Å². The topological polar surface area (TPSA) is 3.24 Å². The highest BCUT2D eigenvalue weighted by molar-refractivity contribution is 14.1. The summed E-state index contributed by atoms with van der Waals surface area (Å²) in [5.41, 5.74) is 1.38. The van der Waals surface area contributed by atoms with E-state index in [4.69, 9.17) is 11.6 Å². The van der Waals surface area contributed by atoms with Gasteiger partial charge in [-0.25, -0.2) is 0 Å². The third-order valence-corrected chi connectivity index (χ3v) is 4.79. The lowest BCUT2D eigenvalue weighted by Crippen LogP contribution is -2.40. The van der Waals surface area contributed by atoms with Crippen LogP contribution in [0.1, 0.15) is 31.2 Å². The predicted molar refractivity (Wildman–Crippen MR) is 82.5 cm³/mol. The Bertz CT molecular complexity index is 352. The van der Waals surface area contributed by atoms with Crippen molar-refractivity contribution >= 4 is 34.2 Å². The highest BCUT2D eigenvalue weighted by Gasteiger charge is 2.26. The summed E-state index contributed by atoms with van der Waals surface area (Å²) < 4.78 is 1.29. The van der Waals surface area contributed by atoms with Crippen LogP contribution in [0.3, 0.4) is 0 Å². The fraction of sp³-hybridized carbons (Fsp3) is 0.571. The quantitative estimate of drug-likeness (QED) is 0.572. The molecule has 0 spiro atoms. The highest BCUT2D eigenvalue weighted by Crippen LogP contribution is 2.27. The van der Waals surface area contributed by atoms with Gasteiger partial charge in [0.2, 0.25) is 0 Å². The van der Waals surface area contributed by atoms with Crippen LogP contribution in [0.15, 0.2) is 24.3 Å². The van der Waals surface area contributed by atoms with Crippen LogP contribution in [-0.2, 0) is 6.54 Å². The van der Waals surface area contributed by atoms with Crippen molar-refractivity contribution in [1.29, 1.82) is 0 Å². The van der Waals surface area contributed by atoms with E-state index < -0.39 is 0 Å². The van der Waals surface area contributed by atoms with E-state index in [1.165, 1.54) is 34.8 Å². The molecule has 0 amide bonds. The van der Waals surface area contributed by atoms with Crippen LogP contribution < -0.4 is 0 Å². The summed E-state index contributed by atoms with van der Waals surface area (Å²) in [6, 6.07) is 9.31. The maximum atomic E-state index is 6.43. The van der Waals surface area contributed by atoms with Crippen molar-refractivity contribution < 1.29 is 0 Å². The van der Waals surface area contributed by atoms with Gasteiger partial charge in [-0.1, -0.05) is 25.0 Å². The summed E-state index contributed by atoms with van der Waals surface area (Å²) in [7, 11) is 2.20. The van der Waals surface area contributed by atoms with Crippen LogP contribution in [0.5, 0.6) is 0 Å². The van der Waals surface area contributed by atoms with Crippen LogP contribution in [0, 0.1) is 3.57 Å². The first-order valence-corrected chi connectivity index (χ1v) is 7.77. The lowest BCUT2D eigenvalue weighted by Gasteiger charge is -2.35. The molecular weight excluding hydrogens is 345 g/mol. The molecule has 2 atom stereocenters. The van der Waals surface area contributed by atoms with Crippen molar-refractivity contribution in [3.63, 3.8) is 0 Å². The highest BCUT2D eigenvalue weighted by atomic mass is 127. The number of hydrogen-bond acceptors (Lipinski definition) is 1. The van der Waals surface area contributed by atoms with E-state index in [0.29, 0.717) is 11.4 Å². The standard InChI is InChI=1S/C14H19ClIN/c1-17(14-5-3-2-4-13(14)15)10-11-6-8-12(16)9-7-11/h6-9,13-14H,2-5,10H2,1H3. The molecule has 1 nitrogen and oxygen atoms in total. The number of benzene rings is 1. The molecule has 1 aromatic rings. The molecule has 2 unspecified atom stereocenters. The summed E-state index contributed by atoms with van der Waals surface area (Å²) in [5.74, 6) is 0. The lowest BCUT2D eigenvalue weighted by atomic mass is 9.93. The van der Waals surface area contributed by atoms with Gasteiger partial charge in [-0.05, 0) is 60.2 Å². The molecule has 17 heavy (non-hydrogen) atoms. The minimum absolute atomic E-state index is 0.331. The number of nitrogens with zero attached hydrogens (tertiary/aromatic N) is 1. The lowest BCUT2D eigenvalue weighted by molar-refractivity contribution is 0.188. The molecule has 0 radical (unpaired) electrons. The van der Waals surface area contributed by atoms with Gasteiger partial charge in [0.15, 0.2) is 0 Å². The first-order chi connectivity index (χ1) is 8.16. The molecule has 2 rings (SSSR count). The summed E-state index contributed by atoms with van der Waals surface area (Å²) in [6.07, 6.45) is 5.03. The van der Waals surface area contributed by atoms with Crippen LogP contribution >= 0.6 is 34.2 Å². The average Bonchev–Trinajstić information content (AvgIpc) is 2.32. The number of halogens is 2. The average molecular weight is 364 g/mol. The van der Waals surface area contributed by atoms with Crippen molar-refractivity contribution in [2.75, 3.05) is 7.05 Å². The van der Waals surface area contributed by atoms with E-state index in [1.54, 1.807) is 0 Å². The fourth-order valence-electron chi connectivity index (χ4n) is 2.56. The van der Waals surface area contributed by atoms with Gasteiger partial charge in [0.1, 0.15) is 0 Å². The Morgan fingerprint density at radius 2 is 1.88 bits per heavy atom. The van der Waals surface area contributed by atoms with Gasteiger partial charge in [-0.3, -0.25) is 4.90 Å². The number of hydrogen-bond donors (Lipinski definition) is 0. The minimum Gasteiger partial charge on any atom is -0.298 e. The summed E-state index contributed by atoms with van der Waals surface area (Å²) in [5, 5.41) is 0.331. The van der Waals surface area contributed by atoms with E-state index in [-0.39, 0.29) is 0 Å². The van der Waals surface area contributed by atoms with Crippen LogP contribution in [0.2, 0.25) is 0 Å². The molecular formula is C14H19ClIN. The van der Waals surface area contributed by atoms with E-state index in [2.05, 4.69) is 58.8 Å². The normalized spacial score (nSPS) is 25.2. The molecule has 0 bridgehead atoms. The minimum atomic E-state index is 0.331. The Hall–Kier alpha value is 0.200. The molecule has 1 aliphatic rings. The molecule has 1 aliphatic carbocycles. The molecule has 0 aliphatic heterocycles. The van der Waals surface area contributed by atoms with Gasteiger partial charge in [0.25, 0.3) is 0 Å².